The molecule has 0 aromatic carbocycles. The summed E-state index contributed by atoms with van der Waals surface area (Å²) in [5, 5.41) is 18.2. The highest BCUT2D eigenvalue weighted by molar-refractivity contribution is 5.66. The number of hydrogen-bond donors (Lipinski definition) is 2. The Kier molecular flexibility index (Phi) is 15.2. The molecule has 0 amide bonds. The van der Waals surface area contributed by atoms with Gasteiger partial charge >= 0.3 is 5.97 Å². The molecule has 23 heavy (non-hydrogen) atoms. The monoisotopic (exact) mass is 318 g/mol. The number of unbranched alkanes of at least 4 members (excludes halogenated alkanes) is 1. The zero-order chi connectivity index (χ0) is 17.2. The first kappa shape index (κ1) is 21.1. The van der Waals surface area contributed by atoms with E-state index in [0.717, 1.165) is 25.7 Å². The van der Waals surface area contributed by atoms with Crippen LogP contribution >= 0.6 is 0 Å². The number of carboxylic acids is 1. The van der Waals surface area contributed by atoms with Crippen LogP contribution < -0.4 is 0 Å². The predicted molar refractivity (Wildman–Crippen MR) is 97.3 cm³/mol. The van der Waals surface area contributed by atoms with Gasteiger partial charge in [-0.15, -0.1) is 0 Å². The first-order valence-electron chi connectivity index (χ1n) is 8.35. The van der Waals surface area contributed by atoms with E-state index in [1.165, 1.54) is 0 Å². The summed E-state index contributed by atoms with van der Waals surface area (Å²) in [5.41, 5.74) is 0. The van der Waals surface area contributed by atoms with Gasteiger partial charge in [-0.2, -0.15) is 0 Å². The van der Waals surface area contributed by atoms with E-state index in [4.69, 9.17) is 5.11 Å². The van der Waals surface area contributed by atoms with Crippen LogP contribution in [0.3, 0.4) is 0 Å². The lowest BCUT2D eigenvalue weighted by Gasteiger charge is -1.99. The van der Waals surface area contributed by atoms with Crippen molar-refractivity contribution in [1.82, 2.24) is 0 Å². The van der Waals surface area contributed by atoms with E-state index < -0.39 is 12.1 Å². The van der Waals surface area contributed by atoms with Crippen LogP contribution in [-0.2, 0) is 4.79 Å². The van der Waals surface area contributed by atoms with Gasteiger partial charge in [0.15, 0.2) is 0 Å². The van der Waals surface area contributed by atoms with Crippen molar-refractivity contribution in [2.24, 2.45) is 0 Å². The molecule has 0 saturated heterocycles. The van der Waals surface area contributed by atoms with E-state index in [2.05, 4.69) is 31.2 Å². The molecule has 2 N–H and O–H groups in total. The molecule has 0 aliphatic rings. The molecule has 3 heteroatoms. The Morgan fingerprint density at radius 1 is 0.957 bits per heavy atom. The zero-order valence-corrected chi connectivity index (χ0v) is 14.1. The lowest BCUT2D eigenvalue weighted by atomic mass is 10.2. The minimum Gasteiger partial charge on any atom is -0.481 e. The average Bonchev–Trinajstić information content (AvgIpc) is 2.52. The molecule has 0 bridgehead atoms. The third-order valence-electron chi connectivity index (χ3n) is 3.00. The van der Waals surface area contributed by atoms with Crippen LogP contribution in [0.25, 0.3) is 0 Å². The van der Waals surface area contributed by atoms with Gasteiger partial charge in [0, 0.05) is 6.42 Å². The molecule has 1 atom stereocenters. The number of rotatable bonds is 13. The first-order chi connectivity index (χ1) is 11.2. The maximum Gasteiger partial charge on any atom is 0.303 e. The third kappa shape index (κ3) is 18.1. The van der Waals surface area contributed by atoms with E-state index in [1.807, 2.05) is 30.4 Å². The number of aliphatic carboxylic acids is 1. The van der Waals surface area contributed by atoms with Gasteiger partial charge in [-0.25, -0.2) is 0 Å². The van der Waals surface area contributed by atoms with Gasteiger partial charge < -0.3 is 10.2 Å². The smallest absolute Gasteiger partial charge is 0.303 e. The summed E-state index contributed by atoms with van der Waals surface area (Å²) >= 11 is 0. The number of allylic oxidation sites excluding steroid dienone is 8. The minimum atomic E-state index is -0.763. The van der Waals surface area contributed by atoms with E-state index in [0.29, 0.717) is 12.8 Å². The maximum atomic E-state index is 10.3. The summed E-state index contributed by atoms with van der Waals surface area (Å²) in [5.74, 6) is -0.763. The SMILES string of the molecule is CC/C=C/C/C=C/C/C=C/C=C\[C@@H](O)C/C=C\CCCC(=O)O. The van der Waals surface area contributed by atoms with Crippen LogP contribution in [0.15, 0.2) is 60.8 Å². The van der Waals surface area contributed by atoms with Crippen molar-refractivity contribution in [1.29, 1.82) is 0 Å². The molecule has 3 nitrogen and oxygen atoms in total. The van der Waals surface area contributed by atoms with Gasteiger partial charge in [0.1, 0.15) is 0 Å². The van der Waals surface area contributed by atoms with Gasteiger partial charge in [-0.1, -0.05) is 67.7 Å². The molecular formula is C20H30O3. The fourth-order valence-electron chi connectivity index (χ4n) is 1.77. The Morgan fingerprint density at radius 3 is 2.35 bits per heavy atom. The summed E-state index contributed by atoms with van der Waals surface area (Å²) in [4.78, 5) is 10.3. The molecule has 0 unspecified atom stereocenters. The Hall–Kier alpha value is -1.87. The molecule has 0 radical (unpaired) electrons. The lowest BCUT2D eigenvalue weighted by molar-refractivity contribution is -0.137. The summed E-state index contributed by atoms with van der Waals surface area (Å²) in [6.07, 6.45) is 24.6. The number of aliphatic hydroxyl groups is 1. The number of carbonyl (C=O) groups is 1. The van der Waals surface area contributed by atoms with E-state index in [9.17, 15) is 9.90 Å². The quantitative estimate of drug-likeness (QED) is 0.286. The highest BCUT2D eigenvalue weighted by atomic mass is 16.4. The van der Waals surface area contributed by atoms with Gasteiger partial charge in [0.05, 0.1) is 6.10 Å². The van der Waals surface area contributed by atoms with Crippen LogP contribution in [0.4, 0.5) is 0 Å². The molecule has 0 rings (SSSR count). The predicted octanol–water partition coefficient (Wildman–Crippen LogP) is 4.96. The fourth-order valence-corrected chi connectivity index (χ4v) is 1.77. The van der Waals surface area contributed by atoms with Crippen molar-refractivity contribution in [2.45, 2.75) is 58.0 Å². The fraction of sp³-hybridized carbons (Fsp3) is 0.450. The van der Waals surface area contributed by atoms with Crippen molar-refractivity contribution < 1.29 is 15.0 Å². The highest BCUT2D eigenvalue weighted by Crippen LogP contribution is 2.01. The van der Waals surface area contributed by atoms with Crippen molar-refractivity contribution in [2.75, 3.05) is 0 Å². The van der Waals surface area contributed by atoms with Crippen LogP contribution in [0.2, 0.25) is 0 Å². The van der Waals surface area contributed by atoms with Crippen LogP contribution in [0.1, 0.15) is 51.9 Å². The normalized spacial score (nSPS) is 14.2. The molecule has 128 valence electrons. The second-order valence-corrected chi connectivity index (χ2v) is 5.20. The number of aliphatic hydroxyl groups excluding tert-OH is 1. The van der Waals surface area contributed by atoms with E-state index >= 15 is 0 Å². The molecule has 0 heterocycles. The molecular weight excluding hydrogens is 288 g/mol. The standard InChI is InChI=1S/C20H30O3/c1-2-3-4-5-6-7-8-9-10-13-16-19(21)17-14-11-12-15-18-20(22)23/h3-4,6-7,9-11,13-14,16,19,21H,2,5,8,12,15,17-18H2,1H3,(H,22,23)/b4-3+,7-6+,10-9+,14-11-,16-13-/t19-/m1/s1. The molecule has 0 fully saturated rings. The number of hydrogen-bond acceptors (Lipinski definition) is 2. The van der Waals surface area contributed by atoms with Gasteiger partial charge in [-0.3, -0.25) is 4.79 Å². The van der Waals surface area contributed by atoms with Crippen molar-refractivity contribution >= 4 is 5.97 Å². The summed E-state index contributed by atoms with van der Waals surface area (Å²) in [7, 11) is 0. The Bertz CT molecular complexity index is 428. The average molecular weight is 318 g/mol. The Balaban J connectivity index is 3.68. The topological polar surface area (TPSA) is 57.5 Å². The Morgan fingerprint density at radius 2 is 1.65 bits per heavy atom. The van der Waals surface area contributed by atoms with Crippen molar-refractivity contribution in [3.05, 3.63) is 60.8 Å². The second kappa shape index (κ2) is 16.5. The third-order valence-corrected chi connectivity index (χ3v) is 3.00. The highest BCUT2D eigenvalue weighted by Gasteiger charge is 1.95. The van der Waals surface area contributed by atoms with Gasteiger partial charge in [-0.05, 0) is 38.5 Å². The molecule has 0 aliphatic heterocycles. The first-order valence-corrected chi connectivity index (χ1v) is 8.35. The van der Waals surface area contributed by atoms with Crippen LogP contribution in [0.5, 0.6) is 0 Å². The van der Waals surface area contributed by atoms with E-state index in [-0.39, 0.29) is 6.42 Å². The molecule has 0 aromatic heterocycles. The lowest BCUT2D eigenvalue weighted by Crippen LogP contribution is -1.98. The van der Waals surface area contributed by atoms with Gasteiger partial charge in [0.2, 0.25) is 0 Å². The molecule has 0 saturated carbocycles. The van der Waals surface area contributed by atoms with Crippen LogP contribution in [-0.4, -0.2) is 22.3 Å². The second-order valence-electron chi connectivity index (χ2n) is 5.20. The van der Waals surface area contributed by atoms with Crippen LogP contribution in [0, 0.1) is 0 Å². The number of carboxylic acid groups (broad SMARTS) is 1. The summed E-state index contributed by atoms with van der Waals surface area (Å²) in [6.45, 7) is 2.12. The summed E-state index contributed by atoms with van der Waals surface area (Å²) < 4.78 is 0. The largest absolute Gasteiger partial charge is 0.481 e. The van der Waals surface area contributed by atoms with Gasteiger partial charge in [0.25, 0.3) is 0 Å². The molecule has 0 spiro atoms. The van der Waals surface area contributed by atoms with E-state index in [1.54, 1.807) is 6.08 Å². The Labute approximate surface area is 140 Å². The maximum absolute atomic E-state index is 10.3. The molecule has 0 aliphatic carbocycles. The summed E-state index contributed by atoms with van der Waals surface area (Å²) in [6, 6.07) is 0. The molecule has 0 aromatic rings. The zero-order valence-electron chi connectivity index (χ0n) is 14.1. The minimum absolute atomic E-state index is 0.195. The van der Waals surface area contributed by atoms with Crippen molar-refractivity contribution in [3.63, 3.8) is 0 Å². The van der Waals surface area contributed by atoms with Crippen molar-refractivity contribution in [3.8, 4) is 0 Å².